The average Bonchev–Trinajstić information content (AvgIpc) is 3.62. The molecule has 0 bridgehead atoms. The summed E-state index contributed by atoms with van der Waals surface area (Å²) < 4.78 is 2.36. The minimum Gasteiger partial charge on any atom is -0.309 e. The van der Waals surface area contributed by atoms with Crippen LogP contribution >= 0.6 is 0 Å². The van der Waals surface area contributed by atoms with E-state index in [1.807, 2.05) is 18.2 Å². The lowest BCUT2D eigenvalue weighted by Crippen LogP contribution is -1.97. The molecule has 3 heteroatoms. The molecule has 266 valence electrons. The summed E-state index contributed by atoms with van der Waals surface area (Å²) in [5.74, 6) is 0.707. The number of rotatable bonds is 6. The molecule has 0 amide bonds. The number of para-hydroxylation sites is 2. The number of nitrogens with zero attached hydrogens (tertiary/aromatic N) is 3. The van der Waals surface area contributed by atoms with E-state index < -0.39 is 0 Å². The van der Waals surface area contributed by atoms with Crippen LogP contribution in [0, 0.1) is 0 Å². The van der Waals surface area contributed by atoms with Gasteiger partial charge in [0.1, 0.15) is 0 Å². The Morgan fingerprint density at radius 1 is 0.298 bits per heavy atom. The molecule has 0 saturated carbocycles. The molecule has 3 nitrogen and oxygen atoms in total. The van der Waals surface area contributed by atoms with Gasteiger partial charge in [-0.15, -0.1) is 0 Å². The Hall–Kier alpha value is -7.62. The highest BCUT2D eigenvalue weighted by Crippen LogP contribution is 2.39. The second-order valence-corrected chi connectivity index (χ2v) is 14.6. The van der Waals surface area contributed by atoms with Gasteiger partial charge in [-0.3, -0.25) is 0 Å². The quantitative estimate of drug-likeness (QED) is 0.171. The minimum absolute atomic E-state index is 0.707. The third-order valence-corrected chi connectivity index (χ3v) is 11.2. The monoisotopic (exact) mass is 725 g/mol. The van der Waals surface area contributed by atoms with Crippen LogP contribution in [-0.4, -0.2) is 14.5 Å². The van der Waals surface area contributed by atoms with Crippen molar-refractivity contribution in [3.63, 3.8) is 0 Å². The maximum Gasteiger partial charge on any atom is 0.160 e. The predicted molar refractivity (Wildman–Crippen MR) is 239 cm³/mol. The molecule has 0 atom stereocenters. The Morgan fingerprint density at radius 3 is 1.58 bits per heavy atom. The van der Waals surface area contributed by atoms with Crippen molar-refractivity contribution >= 4 is 43.4 Å². The Balaban J connectivity index is 1.01. The summed E-state index contributed by atoms with van der Waals surface area (Å²) in [6.45, 7) is 0. The molecule has 0 saturated heterocycles. The van der Waals surface area contributed by atoms with Gasteiger partial charge in [0.15, 0.2) is 5.82 Å². The van der Waals surface area contributed by atoms with Crippen molar-refractivity contribution in [2.75, 3.05) is 0 Å². The van der Waals surface area contributed by atoms with Gasteiger partial charge in [0.2, 0.25) is 0 Å². The van der Waals surface area contributed by atoms with Gasteiger partial charge in [-0.05, 0) is 92.3 Å². The van der Waals surface area contributed by atoms with Crippen LogP contribution in [0.1, 0.15) is 0 Å². The van der Waals surface area contributed by atoms with E-state index in [4.69, 9.17) is 9.97 Å². The maximum atomic E-state index is 5.21. The molecule has 0 fully saturated rings. The summed E-state index contributed by atoms with van der Waals surface area (Å²) in [6.07, 6.45) is 0. The van der Waals surface area contributed by atoms with Gasteiger partial charge in [-0.25, -0.2) is 9.97 Å². The molecule has 0 N–H and O–H groups in total. The molecule has 0 aliphatic carbocycles. The number of hydrogen-bond donors (Lipinski definition) is 0. The Morgan fingerprint density at radius 2 is 0.825 bits per heavy atom. The van der Waals surface area contributed by atoms with Crippen LogP contribution in [0.25, 0.3) is 105 Å². The standard InChI is InChI=1S/C54H35N3/c1-4-14-36(15-5-1)44-29-30-47(46-21-11-10-20-45(44)46)51-35-50(55-54(56-51)37-16-6-2-7-17-37)42-27-26-38-32-39(24-25-40(38)33-42)41-28-31-53-49(34-41)48-22-12-13-23-52(48)57(53)43-18-8-3-9-19-43/h1-35H. The highest BCUT2D eigenvalue weighted by atomic mass is 15.0. The van der Waals surface area contributed by atoms with E-state index in [2.05, 4.69) is 199 Å². The fourth-order valence-corrected chi connectivity index (χ4v) is 8.43. The molecule has 11 aromatic rings. The summed E-state index contributed by atoms with van der Waals surface area (Å²) in [5, 5.41) is 7.21. The van der Waals surface area contributed by atoms with Gasteiger partial charge in [0.05, 0.1) is 22.4 Å². The summed E-state index contributed by atoms with van der Waals surface area (Å²) in [6, 6.07) is 75.7. The van der Waals surface area contributed by atoms with Gasteiger partial charge >= 0.3 is 0 Å². The topological polar surface area (TPSA) is 30.7 Å². The smallest absolute Gasteiger partial charge is 0.160 e. The van der Waals surface area contributed by atoms with Gasteiger partial charge in [0, 0.05) is 33.2 Å². The van der Waals surface area contributed by atoms with E-state index in [9.17, 15) is 0 Å². The minimum atomic E-state index is 0.707. The summed E-state index contributed by atoms with van der Waals surface area (Å²) >= 11 is 0. The van der Waals surface area contributed by atoms with Crippen molar-refractivity contribution in [3.8, 4) is 61.8 Å². The molecule has 11 rings (SSSR count). The molecule has 9 aromatic carbocycles. The highest BCUT2D eigenvalue weighted by Gasteiger charge is 2.16. The first-order valence-corrected chi connectivity index (χ1v) is 19.4. The fraction of sp³-hybridized carbons (Fsp3) is 0. The highest BCUT2D eigenvalue weighted by molar-refractivity contribution is 6.11. The lowest BCUT2D eigenvalue weighted by molar-refractivity contribution is 1.18. The van der Waals surface area contributed by atoms with E-state index in [1.54, 1.807) is 0 Å². The lowest BCUT2D eigenvalue weighted by Gasteiger charge is -2.14. The van der Waals surface area contributed by atoms with Crippen LogP contribution in [0.2, 0.25) is 0 Å². The molecule has 0 aliphatic heterocycles. The van der Waals surface area contributed by atoms with Crippen molar-refractivity contribution in [1.29, 1.82) is 0 Å². The normalized spacial score (nSPS) is 11.5. The van der Waals surface area contributed by atoms with E-state index in [0.29, 0.717) is 5.82 Å². The van der Waals surface area contributed by atoms with Crippen molar-refractivity contribution in [2.45, 2.75) is 0 Å². The van der Waals surface area contributed by atoms with Gasteiger partial charge in [0.25, 0.3) is 0 Å². The van der Waals surface area contributed by atoms with Crippen LogP contribution in [0.3, 0.4) is 0 Å². The van der Waals surface area contributed by atoms with Gasteiger partial charge in [-0.1, -0.05) is 164 Å². The third-order valence-electron chi connectivity index (χ3n) is 11.2. The zero-order valence-electron chi connectivity index (χ0n) is 31.0. The van der Waals surface area contributed by atoms with Crippen molar-refractivity contribution < 1.29 is 0 Å². The zero-order valence-corrected chi connectivity index (χ0v) is 31.0. The van der Waals surface area contributed by atoms with Crippen molar-refractivity contribution in [1.82, 2.24) is 14.5 Å². The predicted octanol–water partition coefficient (Wildman–Crippen LogP) is 14.2. The Bertz CT molecular complexity index is 3270. The summed E-state index contributed by atoms with van der Waals surface area (Å²) in [4.78, 5) is 10.4. The zero-order chi connectivity index (χ0) is 37.7. The molecule has 57 heavy (non-hydrogen) atoms. The first-order chi connectivity index (χ1) is 28.2. The number of fused-ring (bicyclic) bond motifs is 5. The SMILES string of the molecule is c1ccc(-c2nc(-c3ccc4cc(-c5ccc6c(c5)c5ccccc5n6-c5ccccc5)ccc4c3)cc(-c3ccc(-c4ccccc4)c4ccccc34)n2)cc1. The van der Waals surface area contributed by atoms with Gasteiger partial charge in [-0.2, -0.15) is 0 Å². The van der Waals surface area contributed by atoms with E-state index in [-0.39, 0.29) is 0 Å². The van der Waals surface area contributed by atoms with Crippen molar-refractivity contribution in [3.05, 3.63) is 212 Å². The molecule has 2 heterocycles. The van der Waals surface area contributed by atoms with Crippen molar-refractivity contribution in [2.24, 2.45) is 0 Å². The number of aromatic nitrogens is 3. The van der Waals surface area contributed by atoms with Gasteiger partial charge < -0.3 is 4.57 Å². The van der Waals surface area contributed by atoms with E-state index in [0.717, 1.165) is 38.9 Å². The summed E-state index contributed by atoms with van der Waals surface area (Å²) in [7, 11) is 0. The molecule has 2 aromatic heterocycles. The average molecular weight is 726 g/mol. The molecule has 0 unspecified atom stereocenters. The summed E-state index contributed by atoms with van der Waals surface area (Å²) in [5.41, 5.74) is 13.3. The molecular formula is C54H35N3. The van der Waals surface area contributed by atoms with Crippen LogP contribution in [0.15, 0.2) is 212 Å². The lowest BCUT2D eigenvalue weighted by atomic mass is 9.93. The fourth-order valence-electron chi connectivity index (χ4n) is 8.43. The van der Waals surface area contributed by atoms with Crippen LogP contribution in [-0.2, 0) is 0 Å². The molecule has 0 radical (unpaired) electrons. The first-order valence-electron chi connectivity index (χ1n) is 19.4. The molecular weight excluding hydrogens is 691 g/mol. The Labute approximate surface area is 330 Å². The second-order valence-electron chi connectivity index (χ2n) is 14.6. The van der Waals surface area contributed by atoms with E-state index in [1.165, 1.54) is 60.5 Å². The third kappa shape index (κ3) is 5.76. The molecule has 0 aliphatic rings. The van der Waals surface area contributed by atoms with Crippen LogP contribution in [0.4, 0.5) is 0 Å². The maximum absolute atomic E-state index is 5.21. The largest absolute Gasteiger partial charge is 0.309 e. The van der Waals surface area contributed by atoms with E-state index >= 15 is 0 Å². The first kappa shape index (κ1) is 32.8. The van der Waals surface area contributed by atoms with Crippen LogP contribution in [0.5, 0.6) is 0 Å². The Kier molecular flexibility index (Phi) is 7.82. The number of benzene rings is 9. The molecule has 0 spiro atoms. The number of hydrogen-bond acceptors (Lipinski definition) is 2. The van der Waals surface area contributed by atoms with Crippen LogP contribution < -0.4 is 0 Å². The second kappa shape index (κ2) is 13.6.